The number of alkyl halides is 6. The summed E-state index contributed by atoms with van der Waals surface area (Å²) >= 11 is 0. The molecule has 1 aliphatic carbocycles. The maximum Gasteiger partial charge on any atom is 0.417 e. The molecule has 0 spiro atoms. The topological polar surface area (TPSA) is 66.9 Å². The molecule has 2 aromatic rings. The first-order chi connectivity index (χ1) is 22.0. The van der Waals surface area contributed by atoms with Crippen molar-refractivity contribution in [1.29, 1.82) is 0 Å². The van der Waals surface area contributed by atoms with Crippen molar-refractivity contribution in [3.8, 4) is 11.1 Å². The molecule has 2 aromatic carbocycles. The van der Waals surface area contributed by atoms with Gasteiger partial charge in [-0.2, -0.15) is 26.3 Å². The van der Waals surface area contributed by atoms with Crippen LogP contribution in [0.4, 0.5) is 31.1 Å². The third kappa shape index (κ3) is 7.80. The largest absolute Gasteiger partial charge is 0.439 e. The lowest BCUT2D eigenvalue weighted by atomic mass is 9.89. The summed E-state index contributed by atoms with van der Waals surface area (Å²) < 4.78 is 89.4. The SMILES string of the molecule is C=C/C=C(\C=C/C)[C@@H]1OC(=O)N(C(=O)[C@@H](C)c2cc(-c3ccc(C(F)(F)F)cc3CN(CC)C(=O)C3CC3)cc(C(F)(F)F)c2)[C@@H]1C. The molecule has 3 atom stereocenters. The molecule has 0 radical (unpaired) electrons. The van der Waals surface area contributed by atoms with Crippen molar-refractivity contribution in [3.63, 3.8) is 0 Å². The molecule has 47 heavy (non-hydrogen) atoms. The van der Waals surface area contributed by atoms with Gasteiger partial charge >= 0.3 is 18.4 Å². The van der Waals surface area contributed by atoms with Gasteiger partial charge in [-0.05, 0) is 92.6 Å². The number of allylic oxidation sites excluding steroid dienone is 3. The first-order valence-electron chi connectivity index (χ1n) is 15.2. The number of nitrogens with zero attached hydrogens (tertiary/aromatic N) is 2. The average molecular weight is 663 g/mol. The van der Waals surface area contributed by atoms with Crippen LogP contribution in [0.15, 0.2) is 72.9 Å². The second-order valence-electron chi connectivity index (χ2n) is 11.7. The summed E-state index contributed by atoms with van der Waals surface area (Å²) in [4.78, 5) is 41.7. The lowest BCUT2D eigenvalue weighted by Gasteiger charge is -2.25. The number of carbonyl (C=O) groups is 3. The number of carbonyl (C=O) groups excluding carboxylic acids is 3. The van der Waals surface area contributed by atoms with E-state index in [1.807, 2.05) is 0 Å². The number of cyclic esters (lactones) is 1. The van der Waals surface area contributed by atoms with Crippen molar-refractivity contribution in [3.05, 3.63) is 95.1 Å². The Labute approximate surface area is 269 Å². The van der Waals surface area contributed by atoms with E-state index in [1.54, 1.807) is 39.0 Å². The van der Waals surface area contributed by atoms with E-state index in [9.17, 15) is 40.7 Å². The highest BCUT2D eigenvalue weighted by Gasteiger charge is 2.45. The van der Waals surface area contributed by atoms with Gasteiger partial charge in [0.05, 0.1) is 23.1 Å². The van der Waals surface area contributed by atoms with Crippen LogP contribution in [0.3, 0.4) is 0 Å². The highest BCUT2D eigenvalue weighted by atomic mass is 19.4. The molecular weight excluding hydrogens is 626 g/mol. The monoisotopic (exact) mass is 662 g/mol. The fourth-order valence-electron chi connectivity index (χ4n) is 5.67. The zero-order valence-electron chi connectivity index (χ0n) is 26.4. The number of rotatable bonds is 10. The minimum absolute atomic E-state index is 0.00466. The second-order valence-corrected chi connectivity index (χ2v) is 11.7. The normalized spacial score (nSPS) is 19.6. The van der Waals surface area contributed by atoms with Crippen molar-refractivity contribution in [2.24, 2.45) is 5.92 Å². The number of hydrogen-bond acceptors (Lipinski definition) is 4. The van der Waals surface area contributed by atoms with Crippen LogP contribution in [0.1, 0.15) is 68.7 Å². The third-order valence-corrected chi connectivity index (χ3v) is 8.38. The van der Waals surface area contributed by atoms with Crippen LogP contribution in [0, 0.1) is 5.92 Å². The van der Waals surface area contributed by atoms with Gasteiger partial charge in [0.2, 0.25) is 11.8 Å². The summed E-state index contributed by atoms with van der Waals surface area (Å²) in [5, 5.41) is 0. The molecule has 1 saturated carbocycles. The summed E-state index contributed by atoms with van der Waals surface area (Å²) in [5.74, 6) is -2.55. The summed E-state index contributed by atoms with van der Waals surface area (Å²) in [6.45, 7) is 9.93. The number of amides is 3. The van der Waals surface area contributed by atoms with E-state index >= 15 is 0 Å². The Kier molecular flexibility index (Phi) is 10.4. The number of ether oxygens (including phenoxy) is 1. The zero-order chi connectivity index (χ0) is 34.8. The summed E-state index contributed by atoms with van der Waals surface area (Å²) in [7, 11) is 0. The van der Waals surface area contributed by atoms with Crippen LogP contribution in [-0.4, -0.2) is 46.4 Å². The van der Waals surface area contributed by atoms with Crippen LogP contribution in [-0.2, 0) is 33.2 Å². The van der Waals surface area contributed by atoms with Gasteiger partial charge in [0, 0.05) is 19.0 Å². The average Bonchev–Trinajstić information content (AvgIpc) is 3.82. The predicted molar refractivity (Wildman–Crippen MR) is 164 cm³/mol. The van der Waals surface area contributed by atoms with E-state index in [1.165, 1.54) is 24.0 Å². The zero-order valence-corrected chi connectivity index (χ0v) is 26.4. The molecular formula is C35H36F6N2O4. The van der Waals surface area contributed by atoms with Crippen LogP contribution < -0.4 is 0 Å². The Hall–Kier alpha value is -4.35. The molecule has 1 aliphatic heterocycles. The van der Waals surface area contributed by atoms with Gasteiger partial charge in [0.25, 0.3) is 0 Å². The van der Waals surface area contributed by atoms with Crippen LogP contribution in [0.25, 0.3) is 11.1 Å². The van der Waals surface area contributed by atoms with Crippen molar-refractivity contribution in [2.45, 2.75) is 77.5 Å². The smallest absolute Gasteiger partial charge is 0.417 e. The minimum atomic E-state index is -4.88. The summed E-state index contributed by atoms with van der Waals surface area (Å²) in [6.07, 6.45) is -3.59. The van der Waals surface area contributed by atoms with Gasteiger partial charge in [0.15, 0.2) is 0 Å². The van der Waals surface area contributed by atoms with E-state index in [2.05, 4.69) is 6.58 Å². The van der Waals surface area contributed by atoms with Crippen LogP contribution in [0.5, 0.6) is 0 Å². The van der Waals surface area contributed by atoms with Crippen LogP contribution >= 0.6 is 0 Å². The van der Waals surface area contributed by atoms with Crippen molar-refractivity contribution >= 4 is 17.9 Å². The molecule has 0 bridgehead atoms. The molecule has 3 amide bonds. The van der Waals surface area contributed by atoms with Crippen LogP contribution in [0.2, 0.25) is 0 Å². The fourth-order valence-corrected chi connectivity index (χ4v) is 5.67. The molecule has 252 valence electrons. The Morgan fingerprint density at radius 1 is 1.06 bits per heavy atom. The first kappa shape index (κ1) is 35.5. The number of imide groups is 1. The Bertz CT molecular complexity index is 1610. The minimum Gasteiger partial charge on any atom is -0.439 e. The van der Waals surface area contributed by atoms with E-state index < -0.39 is 53.5 Å². The van der Waals surface area contributed by atoms with Gasteiger partial charge < -0.3 is 9.64 Å². The number of hydrogen-bond donors (Lipinski definition) is 0. The second kappa shape index (κ2) is 13.8. The molecule has 1 saturated heterocycles. The molecule has 6 nitrogen and oxygen atoms in total. The molecule has 0 aromatic heterocycles. The lowest BCUT2D eigenvalue weighted by molar-refractivity contribution is -0.138. The predicted octanol–water partition coefficient (Wildman–Crippen LogP) is 8.68. The van der Waals surface area contributed by atoms with Crippen molar-refractivity contribution < 1.29 is 45.5 Å². The molecule has 2 fully saturated rings. The number of halogens is 6. The maximum atomic E-state index is 14.2. The van der Waals surface area contributed by atoms with Gasteiger partial charge in [-0.15, -0.1) is 0 Å². The molecule has 1 heterocycles. The standard InChI is InChI=1S/C35H36F6N2O4/c1-6-9-22(10-7-2)30-21(5)43(33(46)47-30)31(44)20(4)24-15-25(17-28(16-24)35(39,40)41)29-14-13-27(34(36,37)38)18-26(29)19-42(8-3)32(45)23-11-12-23/h6-7,9-10,13-18,20-21,23,30H,1,8,11-12,19H2,2-5H3/b10-7-,22-9+/t20-,21+,30+/m0/s1. The van der Waals surface area contributed by atoms with Gasteiger partial charge in [-0.3, -0.25) is 9.59 Å². The Morgan fingerprint density at radius 3 is 2.28 bits per heavy atom. The number of benzene rings is 2. The van der Waals surface area contributed by atoms with E-state index in [4.69, 9.17) is 4.74 Å². The maximum absolute atomic E-state index is 14.2. The first-order valence-corrected chi connectivity index (χ1v) is 15.2. The Morgan fingerprint density at radius 2 is 1.72 bits per heavy atom. The van der Waals surface area contributed by atoms with E-state index in [-0.39, 0.29) is 47.2 Å². The van der Waals surface area contributed by atoms with E-state index in [0.717, 1.165) is 35.2 Å². The van der Waals surface area contributed by atoms with Gasteiger partial charge in [-0.1, -0.05) is 43.0 Å². The summed E-state index contributed by atoms with van der Waals surface area (Å²) in [6, 6.07) is 4.78. The van der Waals surface area contributed by atoms with Gasteiger partial charge in [-0.25, -0.2) is 9.69 Å². The molecule has 4 rings (SSSR count). The fraction of sp³-hybridized carbons (Fsp3) is 0.400. The molecule has 2 aliphatic rings. The lowest BCUT2D eigenvalue weighted by Crippen LogP contribution is -2.41. The highest BCUT2D eigenvalue weighted by Crippen LogP contribution is 2.40. The van der Waals surface area contributed by atoms with Gasteiger partial charge in [0.1, 0.15) is 6.10 Å². The van der Waals surface area contributed by atoms with Crippen molar-refractivity contribution in [2.75, 3.05) is 6.54 Å². The Balaban J connectivity index is 1.79. The van der Waals surface area contributed by atoms with Crippen molar-refractivity contribution in [1.82, 2.24) is 9.80 Å². The summed E-state index contributed by atoms with van der Waals surface area (Å²) in [5.41, 5.74) is -1.73. The molecule has 0 unspecified atom stereocenters. The molecule has 12 heteroatoms. The third-order valence-electron chi connectivity index (χ3n) is 8.38. The highest BCUT2D eigenvalue weighted by molar-refractivity contribution is 5.97. The van der Waals surface area contributed by atoms with E-state index in [0.29, 0.717) is 18.4 Å². The molecule has 0 N–H and O–H groups in total. The quantitative estimate of drug-likeness (QED) is 0.189.